The number of urea groups is 1. The summed E-state index contributed by atoms with van der Waals surface area (Å²) in [6.07, 6.45) is 5.88. The first kappa shape index (κ1) is 18.1. The molecule has 2 fully saturated rings. The largest absolute Gasteiger partial charge is 0.454 e. The maximum atomic E-state index is 12.6. The molecule has 1 saturated heterocycles. The number of nitrogens with one attached hydrogen (secondary N) is 1. The zero-order valence-electron chi connectivity index (χ0n) is 15.6. The van der Waals surface area contributed by atoms with Crippen molar-refractivity contribution < 1.29 is 19.1 Å². The van der Waals surface area contributed by atoms with Crippen LogP contribution in [0.5, 0.6) is 11.5 Å². The number of carbonyl (C=O) groups excluding carboxylic acids is 2. The van der Waals surface area contributed by atoms with Crippen LogP contribution in [0.2, 0.25) is 0 Å². The van der Waals surface area contributed by atoms with Crippen molar-refractivity contribution in [2.45, 2.75) is 38.1 Å². The van der Waals surface area contributed by atoms with Gasteiger partial charge in [-0.1, -0.05) is 19.3 Å². The zero-order valence-corrected chi connectivity index (χ0v) is 15.6. The molecule has 0 aromatic heterocycles. The number of fused-ring (bicyclic) bond motifs is 1. The minimum Gasteiger partial charge on any atom is -0.454 e. The third kappa shape index (κ3) is 4.35. The van der Waals surface area contributed by atoms with Crippen molar-refractivity contribution in [1.82, 2.24) is 15.1 Å². The summed E-state index contributed by atoms with van der Waals surface area (Å²) < 4.78 is 10.6. The SMILES string of the molecule is O=C(CN1CCN(C(=O)NC2CCCCC2)CC1)c1ccc2c(c1)OCO2. The molecule has 1 saturated carbocycles. The maximum Gasteiger partial charge on any atom is 0.317 e. The molecule has 27 heavy (non-hydrogen) atoms. The van der Waals surface area contributed by atoms with Gasteiger partial charge in [0.15, 0.2) is 17.3 Å². The Morgan fingerprint density at radius 2 is 1.74 bits per heavy atom. The Morgan fingerprint density at radius 1 is 1.00 bits per heavy atom. The molecule has 7 nitrogen and oxygen atoms in total. The molecule has 0 bridgehead atoms. The zero-order chi connectivity index (χ0) is 18.6. The van der Waals surface area contributed by atoms with E-state index in [0.29, 0.717) is 55.8 Å². The van der Waals surface area contributed by atoms with Crippen LogP contribution in [-0.4, -0.2) is 67.2 Å². The number of rotatable bonds is 4. The number of benzene rings is 1. The third-order valence-electron chi connectivity index (χ3n) is 5.65. The Morgan fingerprint density at radius 3 is 2.52 bits per heavy atom. The van der Waals surface area contributed by atoms with Gasteiger partial charge in [-0.15, -0.1) is 0 Å². The highest BCUT2D eigenvalue weighted by atomic mass is 16.7. The number of piperazine rings is 1. The van der Waals surface area contributed by atoms with Crippen LogP contribution in [0.25, 0.3) is 0 Å². The normalized spacial score (nSPS) is 20.5. The van der Waals surface area contributed by atoms with Gasteiger partial charge in [0.05, 0.1) is 6.54 Å². The second-order valence-corrected chi connectivity index (χ2v) is 7.54. The average molecular weight is 373 g/mol. The highest BCUT2D eigenvalue weighted by Crippen LogP contribution is 2.32. The molecule has 1 N–H and O–H groups in total. The Balaban J connectivity index is 1.24. The number of hydrogen-bond acceptors (Lipinski definition) is 5. The molecule has 0 atom stereocenters. The molecule has 2 aliphatic heterocycles. The van der Waals surface area contributed by atoms with Gasteiger partial charge in [0.1, 0.15) is 0 Å². The molecule has 0 spiro atoms. The van der Waals surface area contributed by atoms with Gasteiger partial charge in [0, 0.05) is 37.8 Å². The van der Waals surface area contributed by atoms with E-state index in [4.69, 9.17) is 9.47 Å². The van der Waals surface area contributed by atoms with Gasteiger partial charge in [-0.3, -0.25) is 9.69 Å². The van der Waals surface area contributed by atoms with Crippen molar-refractivity contribution in [2.75, 3.05) is 39.5 Å². The van der Waals surface area contributed by atoms with E-state index in [0.717, 1.165) is 12.8 Å². The summed E-state index contributed by atoms with van der Waals surface area (Å²) in [6, 6.07) is 5.69. The van der Waals surface area contributed by atoms with Gasteiger partial charge in [0.2, 0.25) is 6.79 Å². The lowest BCUT2D eigenvalue weighted by molar-refractivity contribution is 0.0875. The summed E-state index contributed by atoms with van der Waals surface area (Å²) in [5, 5.41) is 3.17. The quantitative estimate of drug-likeness (QED) is 0.820. The lowest BCUT2D eigenvalue weighted by atomic mass is 9.96. The number of hydrogen-bond donors (Lipinski definition) is 1. The summed E-state index contributed by atoms with van der Waals surface area (Å²) in [5.74, 6) is 1.38. The number of amides is 2. The molecular weight excluding hydrogens is 346 g/mol. The Labute approximate surface area is 159 Å². The van der Waals surface area contributed by atoms with Gasteiger partial charge in [-0.2, -0.15) is 0 Å². The standard InChI is InChI=1S/C20H27N3O4/c24-17(15-6-7-18-19(12-15)27-14-26-18)13-22-8-10-23(11-9-22)20(25)21-16-4-2-1-3-5-16/h6-7,12,16H,1-5,8-11,13-14H2,(H,21,25). The molecule has 7 heteroatoms. The molecule has 1 aromatic rings. The smallest absolute Gasteiger partial charge is 0.317 e. The van der Waals surface area contributed by atoms with Crippen LogP contribution >= 0.6 is 0 Å². The van der Waals surface area contributed by atoms with E-state index in [1.807, 2.05) is 4.90 Å². The van der Waals surface area contributed by atoms with Crippen LogP contribution < -0.4 is 14.8 Å². The average Bonchev–Trinajstić information content (AvgIpc) is 3.17. The predicted octanol–water partition coefficient (Wildman–Crippen LogP) is 2.26. The minimum atomic E-state index is 0.0450. The number of ketones is 1. The van der Waals surface area contributed by atoms with Crippen molar-refractivity contribution in [3.63, 3.8) is 0 Å². The summed E-state index contributed by atoms with van der Waals surface area (Å²) in [4.78, 5) is 29.0. The first-order valence-corrected chi connectivity index (χ1v) is 9.90. The van der Waals surface area contributed by atoms with Gasteiger partial charge in [-0.25, -0.2) is 4.79 Å². The molecule has 2 heterocycles. The van der Waals surface area contributed by atoms with E-state index in [-0.39, 0.29) is 18.6 Å². The topological polar surface area (TPSA) is 71.1 Å². The van der Waals surface area contributed by atoms with E-state index in [1.54, 1.807) is 18.2 Å². The van der Waals surface area contributed by atoms with E-state index >= 15 is 0 Å². The van der Waals surface area contributed by atoms with Gasteiger partial charge in [0.25, 0.3) is 0 Å². The van der Waals surface area contributed by atoms with Gasteiger partial charge < -0.3 is 19.7 Å². The first-order chi connectivity index (χ1) is 13.2. The van der Waals surface area contributed by atoms with E-state index in [9.17, 15) is 9.59 Å². The molecule has 4 rings (SSSR count). The second kappa shape index (κ2) is 8.17. The van der Waals surface area contributed by atoms with Crippen molar-refractivity contribution in [1.29, 1.82) is 0 Å². The van der Waals surface area contributed by atoms with Crippen molar-refractivity contribution in [3.05, 3.63) is 23.8 Å². The van der Waals surface area contributed by atoms with Crippen molar-refractivity contribution >= 4 is 11.8 Å². The summed E-state index contributed by atoms with van der Waals surface area (Å²) in [6.45, 7) is 3.32. The first-order valence-electron chi connectivity index (χ1n) is 9.90. The van der Waals surface area contributed by atoms with E-state index in [1.165, 1.54) is 19.3 Å². The van der Waals surface area contributed by atoms with Gasteiger partial charge in [-0.05, 0) is 31.0 Å². The molecule has 1 aromatic carbocycles. The van der Waals surface area contributed by atoms with Gasteiger partial charge >= 0.3 is 6.03 Å². The van der Waals surface area contributed by atoms with Crippen molar-refractivity contribution in [2.24, 2.45) is 0 Å². The van der Waals surface area contributed by atoms with Crippen LogP contribution in [0, 0.1) is 0 Å². The fourth-order valence-electron chi connectivity index (χ4n) is 3.99. The lowest BCUT2D eigenvalue weighted by Crippen LogP contribution is -2.54. The number of ether oxygens (including phenoxy) is 2. The maximum absolute atomic E-state index is 12.6. The van der Waals surface area contributed by atoms with Crippen LogP contribution in [0.3, 0.4) is 0 Å². The highest BCUT2D eigenvalue weighted by Gasteiger charge is 2.25. The fourth-order valence-corrected chi connectivity index (χ4v) is 3.99. The summed E-state index contributed by atoms with van der Waals surface area (Å²) in [7, 11) is 0. The molecular formula is C20H27N3O4. The van der Waals surface area contributed by atoms with Crippen LogP contribution in [0.1, 0.15) is 42.5 Å². The van der Waals surface area contributed by atoms with Crippen LogP contribution in [0.15, 0.2) is 18.2 Å². The second-order valence-electron chi connectivity index (χ2n) is 7.54. The molecule has 2 amide bonds. The Kier molecular flexibility index (Phi) is 5.48. The minimum absolute atomic E-state index is 0.0450. The molecule has 3 aliphatic rings. The van der Waals surface area contributed by atoms with Crippen LogP contribution in [0.4, 0.5) is 4.79 Å². The molecule has 0 unspecified atom stereocenters. The Bertz CT molecular complexity index is 694. The summed E-state index contributed by atoms with van der Waals surface area (Å²) >= 11 is 0. The fraction of sp³-hybridized carbons (Fsp3) is 0.600. The molecule has 146 valence electrons. The highest BCUT2D eigenvalue weighted by molar-refractivity contribution is 5.98. The molecule has 0 radical (unpaired) electrons. The van der Waals surface area contributed by atoms with E-state index in [2.05, 4.69) is 10.2 Å². The number of nitrogens with zero attached hydrogens (tertiary/aromatic N) is 2. The lowest BCUT2D eigenvalue weighted by Gasteiger charge is -2.35. The molecule has 1 aliphatic carbocycles. The van der Waals surface area contributed by atoms with Crippen molar-refractivity contribution in [3.8, 4) is 11.5 Å². The monoisotopic (exact) mass is 373 g/mol. The predicted molar refractivity (Wildman–Crippen MR) is 100 cm³/mol. The Hall–Kier alpha value is -2.28. The van der Waals surface area contributed by atoms with E-state index < -0.39 is 0 Å². The van der Waals surface area contributed by atoms with Crippen LogP contribution in [-0.2, 0) is 0 Å². The third-order valence-corrected chi connectivity index (χ3v) is 5.65. The number of Topliss-reactive ketones (excluding diaryl/α,β-unsaturated/α-hetero) is 1. The number of carbonyl (C=O) groups is 2. The summed E-state index contributed by atoms with van der Waals surface area (Å²) in [5.41, 5.74) is 0.636.